The summed E-state index contributed by atoms with van der Waals surface area (Å²) in [4.78, 5) is 16.4. The summed E-state index contributed by atoms with van der Waals surface area (Å²) in [7, 11) is 1.97. The number of hydrogen-bond acceptors (Lipinski definition) is 6. The highest BCUT2D eigenvalue weighted by atomic mass is 32.2. The van der Waals surface area contributed by atoms with Crippen LogP contribution in [0, 0.1) is 0 Å². The van der Waals surface area contributed by atoms with E-state index in [0.717, 1.165) is 28.5 Å². The topological polar surface area (TPSA) is 69.9 Å². The number of esters is 1. The lowest BCUT2D eigenvalue weighted by atomic mass is 10.1. The molecular weight excluding hydrogens is 324 g/mol. The lowest BCUT2D eigenvalue weighted by Gasteiger charge is -2.08. The van der Waals surface area contributed by atoms with E-state index < -0.39 is 0 Å². The number of benzene rings is 1. The Labute approximate surface area is 144 Å². The van der Waals surface area contributed by atoms with Gasteiger partial charge in [0, 0.05) is 12.4 Å². The highest BCUT2D eigenvalue weighted by molar-refractivity contribution is 8.00. The molecule has 3 rings (SSSR count). The zero-order chi connectivity index (χ0) is 17.3. The summed E-state index contributed by atoms with van der Waals surface area (Å²) in [6.07, 6.45) is 0.970. The first-order valence-corrected chi connectivity index (χ1v) is 8.88. The number of rotatable bonds is 5. The standard InChI is InChI=1S/C17H20N4O2S/c1-5-11-7-8-13-12(9-11)14-15(21(13)4)18-17(20-19-14)24-10(3)16(22)23-6-2/h7-10H,5-6H2,1-4H3/t10-/m0/s1. The maximum atomic E-state index is 11.8. The van der Waals surface area contributed by atoms with Gasteiger partial charge in [-0.25, -0.2) is 4.98 Å². The van der Waals surface area contributed by atoms with Gasteiger partial charge in [0.2, 0.25) is 5.16 Å². The molecule has 7 heteroatoms. The van der Waals surface area contributed by atoms with Gasteiger partial charge in [-0.1, -0.05) is 24.8 Å². The van der Waals surface area contributed by atoms with E-state index in [2.05, 4.69) is 40.3 Å². The zero-order valence-corrected chi connectivity index (χ0v) is 15.1. The van der Waals surface area contributed by atoms with Gasteiger partial charge in [0.25, 0.3) is 0 Å². The third-order valence-electron chi connectivity index (χ3n) is 3.95. The van der Waals surface area contributed by atoms with Crippen LogP contribution in [0.2, 0.25) is 0 Å². The van der Waals surface area contributed by atoms with Gasteiger partial charge in [0.05, 0.1) is 12.1 Å². The molecule has 6 nitrogen and oxygen atoms in total. The summed E-state index contributed by atoms with van der Waals surface area (Å²) >= 11 is 1.26. The van der Waals surface area contributed by atoms with Crippen LogP contribution in [-0.4, -0.2) is 37.6 Å². The SMILES string of the molecule is CCOC(=O)[C@H](C)Sc1nnc2c3cc(CC)ccc3n(C)c2n1. The Kier molecular flexibility index (Phi) is 4.71. The van der Waals surface area contributed by atoms with Crippen LogP contribution in [0.5, 0.6) is 0 Å². The van der Waals surface area contributed by atoms with E-state index in [1.807, 2.05) is 11.6 Å². The highest BCUT2D eigenvalue weighted by Crippen LogP contribution is 2.28. The predicted octanol–water partition coefficient (Wildman–Crippen LogP) is 3.12. The Morgan fingerprint density at radius 1 is 1.33 bits per heavy atom. The van der Waals surface area contributed by atoms with Crippen molar-refractivity contribution in [1.29, 1.82) is 0 Å². The van der Waals surface area contributed by atoms with Crippen molar-refractivity contribution in [2.45, 2.75) is 37.6 Å². The number of fused-ring (bicyclic) bond motifs is 3. The molecule has 0 fully saturated rings. The Morgan fingerprint density at radius 2 is 2.12 bits per heavy atom. The summed E-state index contributed by atoms with van der Waals surface area (Å²) in [6.45, 7) is 6.07. The fourth-order valence-corrected chi connectivity index (χ4v) is 3.33. The molecule has 0 bridgehead atoms. The number of nitrogens with zero attached hydrogens (tertiary/aromatic N) is 4. The second kappa shape index (κ2) is 6.76. The second-order valence-corrected chi connectivity index (χ2v) is 6.85. The summed E-state index contributed by atoms with van der Waals surface area (Å²) in [6, 6.07) is 6.35. The molecule has 0 aliphatic carbocycles. The molecule has 0 N–H and O–H groups in total. The third-order valence-corrected chi connectivity index (χ3v) is 4.88. The number of aryl methyl sites for hydroxylation is 2. The van der Waals surface area contributed by atoms with Gasteiger partial charge in [-0.2, -0.15) is 0 Å². The molecule has 0 amide bonds. The molecule has 3 aromatic rings. The van der Waals surface area contributed by atoms with E-state index in [0.29, 0.717) is 11.8 Å². The van der Waals surface area contributed by atoms with Gasteiger partial charge in [-0.15, -0.1) is 10.2 Å². The Morgan fingerprint density at radius 3 is 2.83 bits per heavy atom. The first-order chi connectivity index (χ1) is 11.5. The molecule has 0 spiro atoms. The van der Waals surface area contributed by atoms with Crippen LogP contribution in [0.15, 0.2) is 23.4 Å². The maximum absolute atomic E-state index is 11.8. The van der Waals surface area contributed by atoms with Crippen molar-refractivity contribution >= 4 is 39.8 Å². The number of ether oxygens (including phenoxy) is 1. The fourth-order valence-electron chi connectivity index (χ4n) is 2.63. The number of thioether (sulfide) groups is 1. The largest absolute Gasteiger partial charge is 0.465 e. The molecule has 0 aliphatic rings. The van der Waals surface area contributed by atoms with Gasteiger partial charge in [-0.05, 0) is 38.0 Å². The van der Waals surface area contributed by atoms with E-state index in [1.165, 1.54) is 17.3 Å². The van der Waals surface area contributed by atoms with Crippen LogP contribution in [-0.2, 0) is 23.0 Å². The van der Waals surface area contributed by atoms with Crippen LogP contribution in [0.25, 0.3) is 22.1 Å². The minimum Gasteiger partial charge on any atom is -0.465 e. The van der Waals surface area contributed by atoms with Crippen molar-refractivity contribution in [2.24, 2.45) is 7.05 Å². The van der Waals surface area contributed by atoms with Gasteiger partial charge < -0.3 is 9.30 Å². The molecule has 2 heterocycles. The van der Waals surface area contributed by atoms with Crippen LogP contribution >= 0.6 is 11.8 Å². The first kappa shape index (κ1) is 16.7. The Balaban J connectivity index is 2.01. The summed E-state index contributed by atoms with van der Waals surface area (Å²) in [5, 5.41) is 9.71. The maximum Gasteiger partial charge on any atom is 0.319 e. The van der Waals surface area contributed by atoms with Gasteiger partial charge in [0.1, 0.15) is 10.8 Å². The van der Waals surface area contributed by atoms with Crippen molar-refractivity contribution in [2.75, 3.05) is 6.61 Å². The Hall–Kier alpha value is -2.15. The molecular formula is C17H20N4O2S. The summed E-state index contributed by atoms with van der Waals surface area (Å²) in [5.74, 6) is -0.268. The lowest BCUT2D eigenvalue weighted by molar-refractivity contribution is -0.142. The van der Waals surface area contributed by atoms with Crippen molar-refractivity contribution in [3.63, 3.8) is 0 Å². The average Bonchev–Trinajstić information content (AvgIpc) is 2.87. The van der Waals surface area contributed by atoms with Crippen LogP contribution < -0.4 is 0 Å². The summed E-state index contributed by atoms with van der Waals surface area (Å²) in [5.41, 5.74) is 3.89. The molecule has 0 radical (unpaired) electrons. The minimum atomic E-state index is -0.370. The molecule has 126 valence electrons. The molecule has 0 unspecified atom stereocenters. The number of aromatic nitrogens is 4. The van der Waals surface area contributed by atoms with E-state index in [4.69, 9.17) is 4.74 Å². The highest BCUT2D eigenvalue weighted by Gasteiger charge is 2.19. The van der Waals surface area contributed by atoms with E-state index in [9.17, 15) is 4.79 Å². The van der Waals surface area contributed by atoms with E-state index >= 15 is 0 Å². The van der Waals surface area contributed by atoms with Gasteiger partial charge in [-0.3, -0.25) is 4.79 Å². The van der Waals surface area contributed by atoms with Crippen LogP contribution in [0.3, 0.4) is 0 Å². The molecule has 1 atom stereocenters. The van der Waals surface area contributed by atoms with Crippen molar-refractivity contribution in [1.82, 2.24) is 19.7 Å². The molecule has 1 aromatic carbocycles. The number of hydrogen-bond donors (Lipinski definition) is 0. The van der Waals surface area contributed by atoms with Crippen LogP contribution in [0.1, 0.15) is 26.3 Å². The van der Waals surface area contributed by atoms with Crippen molar-refractivity contribution in [3.05, 3.63) is 23.8 Å². The lowest BCUT2D eigenvalue weighted by Crippen LogP contribution is -2.17. The monoisotopic (exact) mass is 344 g/mol. The van der Waals surface area contributed by atoms with Gasteiger partial charge >= 0.3 is 5.97 Å². The molecule has 0 aliphatic heterocycles. The predicted molar refractivity (Wildman–Crippen MR) is 95.1 cm³/mol. The second-order valence-electron chi connectivity index (χ2n) is 5.54. The smallest absolute Gasteiger partial charge is 0.319 e. The van der Waals surface area contributed by atoms with Crippen molar-refractivity contribution in [3.8, 4) is 0 Å². The molecule has 0 saturated carbocycles. The average molecular weight is 344 g/mol. The molecule has 2 aromatic heterocycles. The van der Waals surface area contributed by atoms with E-state index in [-0.39, 0.29) is 11.2 Å². The van der Waals surface area contributed by atoms with Gasteiger partial charge in [0.15, 0.2) is 5.65 Å². The fraction of sp³-hybridized carbons (Fsp3) is 0.412. The minimum absolute atomic E-state index is 0.268. The third kappa shape index (κ3) is 2.96. The normalized spacial score (nSPS) is 12.7. The van der Waals surface area contributed by atoms with Crippen LogP contribution in [0.4, 0.5) is 0 Å². The van der Waals surface area contributed by atoms with Crippen molar-refractivity contribution < 1.29 is 9.53 Å². The molecule has 0 saturated heterocycles. The summed E-state index contributed by atoms with van der Waals surface area (Å²) < 4.78 is 7.03. The molecule has 24 heavy (non-hydrogen) atoms. The van der Waals surface area contributed by atoms with E-state index in [1.54, 1.807) is 13.8 Å². The number of carbonyl (C=O) groups excluding carboxylic acids is 1. The number of carbonyl (C=O) groups is 1. The Bertz CT molecular complexity index is 906. The zero-order valence-electron chi connectivity index (χ0n) is 14.2. The first-order valence-electron chi connectivity index (χ1n) is 8.00. The quantitative estimate of drug-likeness (QED) is 0.523.